The summed E-state index contributed by atoms with van der Waals surface area (Å²) < 4.78 is 6.45. The van der Waals surface area contributed by atoms with E-state index in [1.165, 1.54) is 23.1 Å². The molecule has 5 rings (SSSR count). The number of para-hydroxylation sites is 1. The van der Waals surface area contributed by atoms with Crippen molar-refractivity contribution in [3.8, 4) is 5.75 Å². The molecule has 0 fully saturated rings. The first-order chi connectivity index (χ1) is 21.3. The van der Waals surface area contributed by atoms with Crippen molar-refractivity contribution in [3.63, 3.8) is 0 Å². The molecule has 8 nitrogen and oxygen atoms in total. The lowest BCUT2D eigenvalue weighted by atomic mass is 10.1. The summed E-state index contributed by atoms with van der Waals surface area (Å²) in [4.78, 5) is 44.8. The van der Waals surface area contributed by atoms with Crippen LogP contribution >= 0.6 is 23.1 Å². The summed E-state index contributed by atoms with van der Waals surface area (Å²) in [6.45, 7) is 3.83. The van der Waals surface area contributed by atoms with Crippen LogP contribution in [0.1, 0.15) is 28.4 Å². The Morgan fingerprint density at radius 2 is 1.68 bits per heavy atom. The zero-order valence-corrected chi connectivity index (χ0v) is 25.9. The number of aryl methyl sites for hydroxylation is 1. The fourth-order valence-corrected chi connectivity index (χ4v) is 6.17. The van der Waals surface area contributed by atoms with E-state index >= 15 is 0 Å². The summed E-state index contributed by atoms with van der Waals surface area (Å²) in [5.41, 5.74) is 3.57. The highest BCUT2D eigenvalue weighted by Gasteiger charge is 2.19. The Morgan fingerprint density at radius 1 is 0.909 bits per heavy atom. The number of aromatic nitrogens is 1. The van der Waals surface area contributed by atoms with Gasteiger partial charge in [0.25, 0.3) is 11.8 Å². The molecular formula is C34H30N4O4S2. The maximum Gasteiger partial charge on any atom is 0.272 e. The number of nitrogens with zero attached hydrogens (tertiary/aromatic N) is 1. The second kappa shape index (κ2) is 14.0. The lowest BCUT2D eigenvalue weighted by Gasteiger charge is -2.14. The van der Waals surface area contributed by atoms with Crippen LogP contribution in [-0.4, -0.2) is 35.1 Å². The highest BCUT2D eigenvalue weighted by Crippen LogP contribution is 2.30. The molecular weight excluding hydrogens is 593 g/mol. The van der Waals surface area contributed by atoms with E-state index < -0.39 is 17.1 Å². The molecule has 44 heavy (non-hydrogen) atoms. The second-order valence-electron chi connectivity index (χ2n) is 9.84. The van der Waals surface area contributed by atoms with Crippen molar-refractivity contribution in [1.82, 2.24) is 10.3 Å². The molecule has 1 aromatic heterocycles. The van der Waals surface area contributed by atoms with Crippen molar-refractivity contribution in [3.05, 3.63) is 119 Å². The number of amides is 3. The summed E-state index contributed by atoms with van der Waals surface area (Å²) in [5.74, 6) is -0.558. The molecule has 1 heterocycles. The number of benzene rings is 4. The maximum atomic E-state index is 13.5. The van der Waals surface area contributed by atoms with Crippen molar-refractivity contribution in [2.24, 2.45) is 0 Å². The van der Waals surface area contributed by atoms with Crippen LogP contribution in [0.5, 0.6) is 5.75 Å². The number of rotatable bonds is 10. The molecule has 1 unspecified atom stereocenters. The minimum atomic E-state index is -0.515. The van der Waals surface area contributed by atoms with E-state index in [0.29, 0.717) is 27.7 Å². The molecule has 10 heteroatoms. The number of ether oxygens (including phenoxy) is 1. The number of carbonyl (C=O) groups is 3. The van der Waals surface area contributed by atoms with Gasteiger partial charge in [0.1, 0.15) is 11.4 Å². The monoisotopic (exact) mass is 622 g/mol. The molecule has 3 N–H and O–H groups in total. The predicted molar refractivity (Wildman–Crippen MR) is 178 cm³/mol. The third kappa shape index (κ3) is 7.71. The van der Waals surface area contributed by atoms with Crippen LogP contribution in [0.2, 0.25) is 0 Å². The molecule has 222 valence electrons. The van der Waals surface area contributed by atoms with E-state index in [2.05, 4.69) is 20.9 Å². The van der Waals surface area contributed by atoms with Crippen molar-refractivity contribution in [2.75, 3.05) is 17.7 Å². The predicted octanol–water partition coefficient (Wildman–Crippen LogP) is 7.14. The highest BCUT2D eigenvalue weighted by atomic mass is 32.2. The molecule has 3 amide bonds. The summed E-state index contributed by atoms with van der Waals surface area (Å²) >= 11 is 2.80. The van der Waals surface area contributed by atoms with Gasteiger partial charge in [-0.3, -0.25) is 14.4 Å². The summed E-state index contributed by atoms with van der Waals surface area (Å²) in [6.07, 6.45) is 1.57. The first-order valence-electron chi connectivity index (χ1n) is 13.8. The minimum absolute atomic E-state index is 0.0418. The minimum Gasteiger partial charge on any atom is -0.496 e. The Bertz CT molecular complexity index is 1850. The number of nitrogens with one attached hydrogen (secondary N) is 3. The van der Waals surface area contributed by atoms with Crippen LogP contribution in [0.25, 0.3) is 16.3 Å². The molecule has 5 aromatic rings. The van der Waals surface area contributed by atoms with Crippen molar-refractivity contribution < 1.29 is 19.1 Å². The number of carbonyl (C=O) groups excluding carboxylic acids is 3. The first kappa shape index (κ1) is 30.5. The van der Waals surface area contributed by atoms with Gasteiger partial charge in [-0.15, -0.1) is 11.8 Å². The molecule has 0 bridgehead atoms. The molecule has 0 radical (unpaired) electrons. The third-order valence-corrected chi connectivity index (χ3v) is 8.54. The van der Waals surface area contributed by atoms with Gasteiger partial charge in [-0.05, 0) is 74.0 Å². The van der Waals surface area contributed by atoms with E-state index in [1.807, 2.05) is 56.3 Å². The van der Waals surface area contributed by atoms with E-state index in [0.717, 1.165) is 20.7 Å². The van der Waals surface area contributed by atoms with Gasteiger partial charge in [-0.2, -0.15) is 0 Å². The zero-order chi connectivity index (χ0) is 31.1. The molecule has 4 aromatic carbocycles. The third-order valence-electron chi connectivity index (χ3n) is 6.52. The van der Waals surface area contributed by atoms with Crippen molar-refractivity contribution in [1.29, 1.82) is 0 Å². The van der Waals surface area contributed by atoms with E-state index in [1.54, 1.807) is 67.8 Å². The Morgan fingerprint density at radius 3 is 2.48 bits per heavy atom. The SMILES string of the molecule is COc1ccccc1/C=C(/NC(=O)c1ccccc1)C(=O)Nc1cccc(SC(C)C(=O)Nc2nc3ccc(C)cc3s2)c1. The smallest absolute Gasteiger partial charge is 0.272 e. The first-order valence-corrected chi connectivity index (χ1v) is 15.5. The number of hydrogen-bond donors (Lipinski definition) is 3. The summed E-state index contributed by atoms with van der Waals surface area (Å²) in [7, 11) is 1.54. The Labute approximate surface area is 263 Å². The summed E-state index contributed by atoms with van der Waals surface area (Å²) in [5, 5.41) is 8.65. The van der Waals surface area contributed by atoms with Gasteiger partial charge in [-0.1, -0.05) is 59.9 Å². The molecule has 0 aliphatic rings. The number of thiazole rings is 1. The van der Waals surface area contributed by atoms with Gasteiger partial charge in [0.2, 0.25) is 5.91 Å². The van der Waals surface area contributed by atoms with Gasteiger partial charge in [-0.25, -0.2) is 4.98 Å². The van der Waals surface area contributed by atoms with Gasteiger partial charge in [0.15, 0.2) is 5.13 Å². The Kier molecular flexibility index (Phi) is 9.73. The molecule has 0 saturated carbocycles. The molecule has 1 atom stereocenters. The van der Waals surface area contributed by atoms with Crippen LogP contribution in [0, 0.1) is 6.92 Å². The lowest BCUT2D eigenvalue weighted by molar-refractivity contribution is -0.115. The van der Waals surface area contributed by atoms with Crippen LogP contribution in [0.3, 0.4) is 0 Å². The van der Waals surface area contributed by atoms with Gasteiger partial charge in [0, 0.05) is 21.7 Å². The average Bonchev–Trinajstić information content (AvgIpc) is 3.42. The highest BCUT2D eigenvalue weighted by molar-refractivity contribution is 8.00. The van der Waals surface area contributed by atoms with Crippen LogP contribution < -0.4 is 20.7 Å². The number of thioether (sulfide) groups is 1. The van der Waals surface area contributed by atoms with Crippen molar-refractivity contribution >= 4 is 67.9 Å². The van der Waals surface area contributed by atoms with Crippen LogP contribution in [0.4, 0.5) is 10.8 Å². The quantitative estimate of drug-likeness (QED) is 0.113. The summed E-state index contributed by atoms with van der Waals surface area (Å²) in [6, 6.07) is 29.0. The van der Waals surface area contributed by atoms with Gasteiger partial charge < -0.3 is 20.7 Å². The number of hydrogen-bond acceptors (Lipinski definition) is 7. The van der Waals surface area contributed by atoms with Gasteiger partial charge >= 0.3 is 0 Å². The Balaban J connectivity index is 1.29. The fourth-order valence-electron chi connectivity index (χ4n) is 4.28. The van der Waals surface area contributed by atoms with Crippen LogP contribution in [0.15, 0.2) is 108 Å². The number of methoxy groups -OCH3 is 1. The Hall–Kier alpha value is -4.93. The molecule has 0 saturated heterocycles. The molecule has 0 aliphatic heterocycles. The lowest BCUT2D eigenvalue weighted by Crippen LogP contribution is -2.30. The normalized spacial score (nSPS) is 11.9. The second-order valence-corrected chi connectivity index (χ2v) is 12.3. The van der Waals surface area contributed by atoms with E-state index in [-0.39, 0.29) is 11.6 Å². The van der Waals surface area contributed by atoms with E-state index in [9.17, 15) is 14.4 Å². The maximum absolute atomic E-state index is 13.5. The van der Waals surface area contributed by atoms with Crippen LogP contribution in [-0.2, 0) is 9.59 Å². The largest absolute Gasteiger partial charge is 0.496 e. The topological polar surface area (TPSA) is 109 Å². The van der Waals surface area contributed by atoms with E-state index in [4.69, 9.17) is 4.74 Å². The van der Waals surface area contributed by atoms with Crippen molar-refractivity contribution in [2.45, 2.75) is 24.0 Å². The number of anilines is 2. The average molecular weight is 623 g/mol. The standard InChI is InChI=1S/C34H30N4O4S2/c1-21-16-17-27-30(18-21)44-34(37-27)38-31(39)22(2)43-26-14-9-13-25(20-26)35-33(41)28(19-24-12-7-8-15-29(24)42-3)36-32(40)23-10-5-4-6-11-23/h4-20,22H,1-3H3,(H,35,41)(H,36,40)(H,37,38,39)/b28-19+. The van der Waals surface area contributed by atoms with Gasteiger partial charge in [0.05, 0.1) is 22.6 Å². The zero-order valence-electron chi connectivity index (χ0n) is 24.3. The molecule has 0 aliphatic carbocycles. The number of fused-ring (bicyclic) bond motifs is 1. The molecule has 0 spiro atoms. The fraction of sp³-hybridized carbons (Fsp3) is 0.118.